The first kappa shape index (κ1) is 21.4. The van der Waals surface area contributed by atoms with Crippen molar-refractivity contribution in [2.45, 2.75) is 18.2 Å². The largest absolute Gasteiger partial charge is 0.612 e. The van der Waals surface area contributed by atoms with Gasteiger partial charge in [-0.15, -0.1) is 0 Å². The van der Waals surface area contributed by atoms with Crippen molar-refractivity contribution >= 4 is 34.3 Å². The van der Waals surface area contributed by atoms with Gasteiger partial charge in [-0.1, -0.05) is 6.07 Å². The SMILES string of the molecule is CC1=C(CC(=O)N2CCOCC2)c2cc(C#N)ccc2C1=Cc1ccc([S+](C)[O-])cc1. The van der Waals surface area contributed by atoms with Crippen LogP contribution in [0.4, 0.5) is 0 Å². The van der Waals surface area contributed by atoms with Gasteiger partial charge in [0.05, 0.1) is 31.3 Å². The van der Waals surface area contributed by atoms with Crippen molar-refractivity contribution in [3.8, 4) is 6.07 Å². The van der Waals surface area contributed by atoms with E-state index in [2.05, 4.69) is 12.1 Å². The molecule has 2 aromatic carbocycles. The van der Waals surface area contributed by atoms with Crippen LogP contribution in [0.1, 0.15) is 35.6 Å². The normalized spacial score (nSPS) is 18.1. The minimum atomic E-state index is -1.01. The number of rotatable bonds is 4. The van der Waals surface area contributed by atoms with Gasteiger partial charge in [-0.05, 0) is 94.0 Å². The van der Waals surface area contributed by atoms with Gasteiger partial charge in [-0.25, -0.2) is 0 Å². The summed E-state index contributed by atoms with van der Waals surface area (Å²) in [5.74, 6) is 0.0852. The molecule has 5 nitrogen and oxygen atoms in total. The number of ether oxygens (including phenoxy) is 1. The Morgan fingerprint density at radius 1 is 1.19 bits per heavy atom. The molecule has 2 aromatic rings. The predicted octanol–water partition coefficient (Wildman–Crippen LogP) is 3.87. The minimum Gasteiger partial charge on any atom is -0.612 e. The summed E-state index contributed by atoms with van der Waals surface area (Å²) >= 11 is -1.01. The third kappa shape index (κ3) is 4.45. The number of nitriles is 1. The summed E-state index contributed by atoms with van der Waals surface area (Å²) in [4.78, 5) is 15.6. The molecule has 1 atom stereocenters. The maximum atomic E-state index is 13.0. The van der Waals surface area contributed by atoms with Crippen LogP contribution in [0.2, 0.25) is 0 Å². The fourth-order valence-corrected chi connectivity index (χ4v) is 4.60. The van der Waals surface area contributed by atoms with E-state index in [0.717, 1.165) is 38.3 Å². The van der Waals surface area contributed by atoms with Crippen LogP contribution in [-0.2, 0) is 20.7 Å². The Morgan fingerprint density at radius 3 is 2.55 bits per heavy atom. The van der Waals surface area contributed by atoms with Crippen LogP contribution in [0.25, 0.3) is 17.2 Å². The molecule has 1 saturated heterocycles. The summed E-state index contributed by atoms with van der Waals surface area (Å²) in [5.41, 5.74) is 6.64. The van der Waals surface area contributed by atoms with Crippen molar-refractivity contribution in [2.75, 3.05) is 32.6 Å². The van der Waals surface area contributed by atoms with Gasteiger partial charge in [-0.2, -0.15) is 5.26 Å². The smallest absolute Gasteiger partial charge is 0.227 e. The molecule has 31 heavy (non-hydrogen) atoms. The van der Waals surface area contributed by atoms with E-state index < -0.39 is 11.2 Å². The molecular weight excluding hydrogens is 408 g/mol. The number of amides is 1. The lowest BCUT2D eigenvalue weighted by atomic mass is 9.98. The van der Waals surface area contributed by atoms with Crippen LogP contribution in [-0.4, -0.2) is 47.9 Å². The van der Waals surface area contributed by atoms with E-state index in [1.807, 2.05) is 54.3 Å². The van der Waals surface area contributed by atoms with Gasteiger partial charge < -0.3 is 14.2 Å². The Labute approximate surface area is 185 Å². The van der Waals surface area contributed by atoms with Crippen LogP contribution >= 0.6 is 0 Å². The van der Waals surface area contributed by atoms with E-state index in [-0.39, 0.29) is 5.91 Å². The summed E-state index contributed by atoms with van der Waals surface area (Å²) in [5, 5.41) is 9.38. The van der Waals surface area contributed by atoms with Crippen LogP contribution in [0.15, 0.2) is 52.9 Å². The maximum Gasteiger partial charge on any atom is 0.227 e. The lowest BCUT2D eigenvalue weighted by molar-refractivity contribution is -0.134. The number of fused-ring (bicyclic) bond motifs is 1. The predicted molar refractivity (Wildman–Crippen MR) is 122 cm³/mol. The van der Waals surface area contributed by atoms with Gasteiger partial charge >= 0.3 is 0 Å². The Balaban J connectivity index is 1.72. The van der Waals surface area contributed by atoms with Gasteiger partial charge in [0.25, 0.3) is 0 Å². The fraction of sp³-hybridized carbons (Fsp3) is 0.280. The van der Waals surface area contributed by atoms with Gasteiger partial charge in [0.15, 0.2) is 4.90 Å². The molecule has 0 bridgehead atoms. The molecule has 6 heteroatoms. The molecule has 0 N–H and O–H groups in total. The summed E-state index contributed by atoms with van der Waals surface area (Å²) in [7, 11) is 0. The third-order valence-corrected chi connectivity index (χ3v) is 6.77. The Bertz CT molecular complexity index is 1100. The average molecular weight is 433 g/mol. The summed E-state index contributed by atoms with van der Waals surface area (Å²) in [6.07, 6.45) is 4.06. The standard InChI is InChI=1S/C25H24N2O3S/c1-17-22(13-18-3-6-20(7-4-18)31(2)29)21-8-5-19(16-26)14-24(21)23(17)15-25(28)27-9-11-30-12-10-27/h3-8,13-14H,9-12,15H2,1-2H3. The van der Waals surface area contributed by atoms with Crippen LogP contribution in [0.5, 0.6) is 0 Å². The molecule has 4 rings (SSSR count). The molecule has 0 spiro atoms. The van der Waals surface area contributed by atoms with Crippen LogP contribution in [0.3, 0.4) is 0 Å². The summed E-state index contributed by atoms with van der Waals surface area (Å²) < 4.78 is 17.0. The van der Waals surface area contributed by atoms with Crippen molar-refractivity contribution < 1.29 is 14.1 Å². The zero-order valence-electron chi connectivity index (χ0n) is 17.7. The van der Waals surface area contributed by atoms with Gasteiger partial charge in [0, 0.05) is 13.1 Å². The molecular formula is C25H24N2O3S. The zero-order chi connectivity index (χ0) is 22.0. The number of hydrogen-bond acceptors (Lipinski definition) is 4. The second-order valence-electron chi connectivity index (χ2n) is 7.73. The van der Waals surface area contributed by atoms with E-state index in [9.17, 15) is 14.6 Å². The summed E-state index contributed by atoms with van der Waals surface area (Å²) in [6, 6.07) is 15.5. The molecule has 1 unspecified atom stereocenters. The lowest BCUT2D eigenvalue weighted by Crippen LogP contribution is -2.40. The quantitative estimate of drug-likeness (QED) is 0.687. The van der Waals surface area contributed by atoms with E-state index in [1.54, 1.807) is 6.26 Å². The van der Waals surface area contributed by atoms with E-state index in [1.165, 1.54) is 0 Å². The topological polar surface area (TPSA) is 76.4 Å². The number of morpholine rings is 1. The highest BCUT2D eigenvalue weighted by molar-refractivity contribution is 7.90. The first-order valence-electron chi connectivity index (χ1n) is 10.2. The molecule has 158 valence electrons. The highest BCUT2D eigenvalue weighted by Crippen LogP contribution is 2.44. The van der Waals surface area contributed by atoms with Crippen molar-refractivity contribution in [1.29, 1.82) is 5.26 Å². The second-order valence-corrected chi connectivity index (χ2v) is 9.11. The highest BCUT2D eigenvalue weighted by atomic mass is 32.2. The number of carbonyl (C=O) groups is 1. The maximum absolute atomic E-state index is 13.0. The molecule has 0 saturated carbocycles. The zero-order valence-corrected chi connectivity index (χ0v) is 18.5. The van der Waals surface area contributed by atoms with Crippen molar-refractivity contribution in [3.05, 3.63) is 70.3 Å². The van der Waals surface area contributed by atoms with E-state index >= 15 is 0 Å². The minimum absolute atomic E-state index is 0.0852. The van der Waals surface area contributed by atoms with Crippen LogP contribution in [0, 0.1) is 11.3 Å². The summed E-state index contributed by atoms with van der Waals surface area (Å²) in [6.45, 7) is 4.41. The van der Waals surface area contributed by atoms with Crippen molar-refractivity contribution in [3.63, 3.8) is 0 Å². The number of nitrogens with zero attached hydrogens (tertiary/aromatic N) is 2. The van der Waals surface area contributed by atoms with Gasteiger partial charge in [-0.3, -0.25) is 4.79 Å². The van der Waals surface area contributed by atoms with Crippen molar-refractivity contribution in [2.24, 2.45) is 0 Å². The highest BCUT2D eigenvalue weighted by Gasteiger charge is 2.27. The molecule has 1 amide bonds. The Kier molecular flexibility index (Phi) is 6.28. The average Bonchev–Trinajstić information content (AvgIpc) is 3.05. The molecule has 2 aliphatic rings. The Morgan fingerprint density at radius 2 is 1.90 bits per heavy atom. The number of allylic oxidation sites excluding steroid dienone is 2. The number of carbonyl (C=O) groups excluding carboxylic acids is 1. The van der Waals surface area contributed by atoms with Crippen molar-refractivity contribution in [1.82, 2.24) is 4.90 Å². The second kappa shape index (κ2) is 9.11. The van der Waals surface area contributed by atoms with Gasteiger partial charge in [0.1, 0.15) is 6.26 Å². The van der Waals surface area contributed by atoms with E-state index in [4.69, 9.17) is 4.74 Å². The lowest BCUT2D eigenvalue weighted by Gasteiger charge is -2.27. The fourth-order valence-electron chi connectivity index (χ4n) is 4.08. The third-order valence-electron chi connectivity index (χ3n) is 5.84. The van der Waals surface area contributed by atoms with Crippen LogP contribution < -0.4 is 0 Å². The molecule has 0 radical (unpaired) electrons. The number of benzene rings is 2. The molecule has 1 aliphatic heterocycles. The van der Waals surface area contributed by atoms with E-state index in [0.29, 0.717) is 38.3 Å². The monoisotopic (exact) mass is 432 g/mol. The first-order valence-corrected chi connectivity index (χ1v) is 11.8. The van der Waals surface area contributed by atoms with Gasteiger partial charge in [0.2, 0.25) is 5.91 Å². The first-order chi connectivity index (χ1) is 15.0. The molecule has 0 aromatic heterocycles. The molecule has 1 aliphatic carbocycles. The Hall–Kier alpha value is -2.85. The molecule has 1 fully saturated rings. The molecule has 1 heterocycles. The number of hydrogen-bond donors (Lipinski definition) is 0.